The van der Waals surface area contributed by atoms with Crippen LogP contribution in [0.5, 0.6) is 0 Å². The summed E-state index contributed by atoms with van der Waals surface area (Å²) in [4.78, 5) is 11.9. The topological polar surface area (TPSA) is 41.1 Å². The highest BCUT2D eigenvalue weighted by molar-refractivity contribution is 5.80. The van der Waals surface area contributed by atoms with Crippen LogP contribution >= 0.6 is 0 Å². The third-order valence-electron chi connectivity index (χ3n) is 3.46. The number of hydrogen-bond acceptors (Lipinski definition) is 2. The van der Waals surface area contributed by atoms with E-state index in [1.54, 1.807) is 0 Å². The molecule has 0 bridgehead atoms. The van der Waals surface area contributed by atoms with Crippen molar-refractivity contribution in [3.05, 3.63) is 35.9 Å². The summed E-state index contributed by atoms with van der Waals surface area (Å²) >= 11 is 0. The van der Waals surface area contributed by atoms with Crippen LogP contribution in [0.1, 0.15) is 25.3 Å². The summed E-state index contributed by atoms with van der Waals surface area (Å²) in [6.07, 6.45) is 3.07. The Balaban J connectivity index is 1.88. The van der Waals surface area contributed by atoms with Gasteiger partial charge in [-0.25, -0.2) is 0 Å². The molecular formula is C15H22N2O. The van der Waals surface area contributed by atoms with E-state index in [-0.39, 0.29) is 17.9 Å². The van der Waals surface area contributed by atoms with E-state index < -0.39 is 0 Å². The number of hydrogen-bond donors (Lipinski definition) is 2. The normalized spacial score (nSPS) is 16.9. The molecule has 1 aromatic rings. The van der Waals surface area contributed by atoms with Gasteiger partial charge in [-0.3, -0.25) is 4.79 Å². The highest BCUT2D eigenvalue weighted by atomic mass is 16.2. The second-order valence-corrected chi connectivity index (χ2v) is 5.04. The Labute approximate surface area is 109 Å². The molecule has 1 aliphatic rings. The van der Waals surface area contributed by atoms with E-state index in [9.17, 15) is 4.79 Å². The number of carbonyl (C=O) groups is 1. The Bertz CT molecular complexity index is 373. The number of nitrogens with one attached hydrogen (secondary N) is 2. The fraction of sp³-hybridized carbons (Fsp3) is 0.533. The van der Waals surface area contributed by atoms with Crippen LogP contribution in [0.3, 0.4) is 0 Å². The summed E-state index contributed by atoms with van der Waals surface area (Å²) in [5, 5.41) is 6.33. The predicted molar refractivity (Wildman–Crippen MR) is 73.3 cm³/mol. The second kappa shape index (κ2) is 6.55. The summed E-state index contributed by atoms with van der Waals surface area (Å²) in [5.74, 6) is 0.392. The molecule has 1 atom stereocenters. The first-order valence-electron chi connectivity index (χ1n) is 6.84. The van der Waals surface area contributed by atoms with Crippen LogP contribution in [-0.4, -0.2) is 25.0 Å². The maximum atomic E-state index is 11.9. The lowest BCUT2D eigenvalue weighted by molar-refractivity contribution is -0.127. The van der Waals surface area contributed by atoms with Crippen LogP contribution in [-0.2, 0) is 11.2 Å². The molecule has 2 rings (SSSR count). The minimum absolute atomic E-state index is 0.181. The van der Waals surface area contributed by atoms with Gasteiger partial charge in [0.15, 0.2) is 0 Å². The molecule has 1 amide bonds. The van der Waals surface area contributed by atoms with Crippen molar-refractivity contribution in [1.29, 1.82) is 0 Å². The van der Waals surface area contributed by atoms with Gasteiger partial charge in [0.05, 0.1) is 5.92 Å². The Hall–Kier alpha value is -1.35. The summed E-state index contributed by atoms with van der Waals surface area (Å²) in [6.45, 7) is 3.82. The first-order chi connectivity index (χ1) is 8.79. The van der Waals surface area contributed by atoms with E-state index >= 15 is 0 Å². The van der Waals surface area contributed by atoms with Gasteiger partial charge in [-0.2, -0.15) is 0 Å². The number of amides is 1. The Morgan fingerprint density at radius 2 is 2.11 bits per heavy atom. The summed E-state index contributed by atoms with van der Waals surface area (Å²) in [6, 6.07) is 10.6. The lowest BCUT2D eigenvalue weighted by atomic mass is 9.98. The molecule has 1 fully saturated rings. The Kier molecular flexibility index (Phi) is 4.76. The third kappa shape index (κ3) is 3.57. The van der Waals surface area contributed by atoms with E-state index in [1.807, 2.05) is 6.07 Å². The first kappa shape index (κ1) is 13.1. The van der Waals surface area contributed by atoms with Crippen LogP contribution in [0.25, 0.3) is 0 Å². The average molecular weight is 246 g/mol. The summed E-state index contributed by atoms with van der Waals surface area (Å²) < 4.78 is 0. The van der Waals surface area contributed by atoms with Crippen molar-refractivity contribution in [1.82, 2.24) is 10.6 Å². The maximum Gasteiger partial charge on any atom is 0.225 e. The molecule has 3 heteroatoms. The zero-order valence-corrected chi connectivity index (χ0v) is 11.0. The first-order valence-corrected chi connectivity index (χ1v) is 6.84. The molecule has 18 heavy (non-hydrogen) atoms. The van der Waals surface area contributed by atoms with Gasteiger partial charge in [-0.1, -0.05) is 43.7 Å². The summed E-state index contributed by atoms with van der Waals surface area (Å²) in [7, 11) is 0. The van der Waals surface area contributed by atoms with E-state index in [2.05, 4.69) is 41.8 Å². The molecule has 0 spiro atoms. The fourth-order valence-corrected chi connectivity index (χ4v) is 2.27. The van der Waals surface area contributed by atoms with Crippen LogP contribution in [0.2, 0.25) is 0 Å². The van der Waals surface area contributed by atoms with Gasteiger partial charge >= 0.3 is 0 Å². The van der Waals surface area contributed by atoms with E-state index in [0.717, 1.165) is 32.4 Å². The zero-order valence-electron chi connectivity index (χ0n) is 11.0. The van der Waals surface area contributed by atoms with Crippen LogP contribution in [0, 0.1) is 5.92 Å². The fourth-order valence-electron chi connectivity index (χ4n) is 2.27. The molecule has 0 radical (unpaired) electrons. The number of benzene rings is 1. The molecule has 1 saturated heterocycles. The van der Waals surface area contributed by atoms with Crippen molar-refractivity contribution in [2.24, 2.45) is 5.92 Å². The highest BCUT2D eigenvalue weighted by Crippen LogP contribution is 2.10. The van der Waals surface area contributed by atoms with Crippen LogP contribution in [0.4, 0.5) is 0 Å². The van der Waals surface area contributed by atoms with Gasteiger partial charge < -0.3 is 10.6 Å². The van der Waals surface area contributed by atoms with Gasteiger partial charge in [-0.15, -0.1) is 0 Å². The molecule has 0 aliphatic carbocycles. The molecular weight excluding hydrogens is 224 g/mol. The van der Waals surface area contributed by atoms with Crippen molar-refractivity contribution >= 4 is 5.91 Å². The lowest BCUT2D eigenvalue weighted by Gasteiger charge is -2.28. The predicted octanol–water partition coefficient (Wildman–Crippen LogP) is 1.73. The highest BCUT2D eigenvalue weighted by Gasteiger charge is 2.26. The van der Waals surface area contributed by atoms with E-state index in [4.69, 9.17) is 0 Å². The molecule has 3 nitrogen and oxygen atoms in total. The molecule has 98 valence electrons. The Morgan fingerprint density at radius 1 is 1.39 bits per heavy atom. The number of rotatable bonds is 6. The minimum Gasteiger partial charge on any atom is -0.353 e. The maximum absolute atomic E-state index is 11.9. The van der Waals surface area contributed by atoms with Crippen molar-refractivity contribution in [2.45, 2.75) is 32.2 Å². The van der Waals surface area contributed by atoms with Crippen LogP contribution < -0.4 is 10.6 Å². The molecule has 2 N–H and O–H groups in total. The van der Waals surface area contributed by atoms with Crippen molar-refractivity contribution in [3.63, 3.8) is 0 Å². The molecule has 1 unspecified atom stereocenters. The Morgan fingerprint density at radius 3 is 2.67 bits per heavy atom. The SMILES string of the molecule is CCCC(Cc1ccccc1)NC(=O)C1CNC1. The van der Waals surface area contributed by atoms with Gasteiger partial charge in [-0.05, 0) is 18.4 Å². The molecule has 1 aliphatic heterocycles. The van der Waals surface area contributed by atoms with Crippen molar-refractivity contribution < 1.29 is 4.79 Å². The van der Waals surface area contributed by atoms with Gasteiger partial charge in [0, 0.05) is 19.1 Å². The smallest absolute Gasteiger partial charge is 0.225 e. The van der Waals surface area contributed by atoms with Gasteiger partial charge in [0.2, 0.25) is 5.91 Å². The largest absolute Gasteiger partial charge is 0.353 e. The van der Waals surface area contributed by atoms with Gasteiger partial charge in [0.1, 0.15) is 0 Å². The quantitative estimate of drug-likeness (QED) is 0.802. The molecule has 0 saturated carbocycles. The molecule has 0 aromatic heterocycles. The third-order valence-corrected chi connectivity index (χ3v) is 3.46. The molecule has 1 heterocycles. The second-order valence-electron chi connectivity index (χ2n) is 5.04. The summed E-state index contributed by atoms with van der Waals surface area (Å²) in [5.41, 5.74) is 1.29. The van der Waals surface area contributed by atoms with Crippen molar-refractivity contribution in [2.75, 3.05) is 13.1 Å². The molecule has 1 aromatic carbocycles. The van der Waals surface area contributed by atoms with Crippen LogP contribution in [0.15, 0.2) is 30.3 Å². The van der Waals surface area contributed by atoms with E-state index in [0.29, 0.717) is 0 Å². The zero-order chi connectivity index (χ0) is 12.8. The monoisotopic (exact) mass is 246 g/mol. The average Bonchev–Trinajstić information content (AvgIpc) is 2.28. The number of carbonyl (C=O) groups excluding carboxylic acids is 1. The van der Waals surface area contributed by atoms with Crippen molar-refractivity contribution in [3.8, 4) is 0 Å². The minimum atomic E-state index is 0.181. The van der Waals surface area contributed by atoms with Gasteiger partial charge in [0.25, 0.3) is 0 Å². The lowest BCUT2D eigenvalue weighted by Crippen LogP contribution is -2.53. The van der Waals surface area contributed by atoms with E-state index in [1.165, 1.54) is 5.56 Å². The standard InChI is InChI=1S/C15H22N2O/c1-2-6-14(9-12-7-4-3-5-8-12)17-15(18)13-10-16-11-13/h3-5,7-8,13-14,16H,2,6,9-11H2,1H3,(H,17,18).